The fraction of sp³-hybridized carbons (Fsp3) is 0.833. The molecule has 0 aliphatic heterocycles. The van der Waals surface area contributed by atoms with E-state index in [1.165, 1.54) is 0 Å². The molecule has 0 amide bonds. The Morgan fingerprint density at radius 1 is 0.373 bits per heavy atom. The summed E-state index contributed by atoms with van der Waals surface area (Å²) in [6.07, 6.45) is 50.2. The minimum absolute atomic E-state index is 0.0266. The Hall–Kier alpha value is -2.00. The molecule has 0 bridgehead atoms. The molecule has 11 nitrogen and oxygen atoms in total. The van der Waals surface area contributed by atoms with Crippen LogP contribution < -0.4 is 0 Å². The second kappa shape index (κ2) is 45.3. The fourth-order valence-electron chi connectivity index (χ4n) is 14.4. The van der Waals surface area contributed by atoms with Gasteiger partial charge >= 0.3 is 0 Å². The van der Waals surface area contributed by atoms with Gasteiger partial charge in [-0.1, -0.05) is 152 Å². The summed E-state index contributed by atoms with van der Waals surface area (Å²) in [5, 5.41) is 125. The predicted molar refractivity (Wildman–Crippen MR) is 342 cm³/mol. The first kappa shape index (κ1) is 75.3. The molecule has 12 unspecified atom stereocenters. The van der Waals surface area contributed by atoms with Gasteiger partial charge in [0, 0.05) is 18.4 Å². The number of aliphatic hydroxyl groups is 11. The Labute approximate surface area is 506 Å². The van der Waals surface area contributed by atoms with Crippen LogP contribution >= 0.6 is 0 Å². The Morgan fingerprint density at radius 3 is 1.24 bits per heavy atom. The molecule has 0 aromatic rings. The first-order valence-corrected chi connectivity index (χ1v) is 34.6. The van der Waals surface area contributed by atoms with E-state index in [0.29, 0.717) is 51.4 Å². The fourth-order valence-corrected chi connectivity index (χ4v) is 14.4. The average molecular weight is 1170 g/mol. The molecule has 3 fully saturated rings. The summed E-state index contributed by atoms with van der Waals surface area (Å²) >= 11 is 0. The smallest absolute Gasteiger partial charge is 0.0779 e. The Balaban J connectivity index is 1.96. The van der Waals surface area contributed by atoms with Crippen LogP contribution in [0.3, 0.4) is 0 Å². The third-order valence-electron chi connectivity index (χ3n) is 19.7. The second-order valence-electron chi connectivity index (χ2n) is 26.0. The molecule has 3 aliphatic rings. The molecule has 11 N–H and O–H groups in total. The van der Waals surface area contributed by atoms with Crippen molar-refractivity contribution >= 4 is 0 Å². The van der Waals surface area contributed by atoms with E-state index in [9.17, 15) is 56.2 Å². The first-order chi connectivity index (χ1) is 40.2. The maximum absolute atomic E-state index is 14.3. The maximum Gasteiger partial charge on any atom is 0.0779 e. The normalized spacial score (nSPS) is 28.8. The minimum atomic E-state index is -1.50. The quantitative estimate of drug-likeness (QED) is 0.0203. The van der Waals surface area contributed by atoms with Crippen molar-refractivity contribution in [3.8, 4) is 0 Å². The van der Waals surface area contributed by atoms with E-state index in [1.807, 2.05) is 20.8 Å². The number of allylic oxidation sites excluding steroid dienone is 10. The van der Waals surface area contributed by atoms with Gasteiger partial charge in [0.25, 0.3) is 0 Å². The summed E-state index contributed by atoms with van der Waals surface area (Å²) in [6, 6.07) is 0. The van der Waals surface area contributed by atoms with Gasteiger partial charge in [-0.15, -0.1) is 0 Å². The van der Waals surface area contributed by atoms with Crippen LogP contribution in [0.2, 0.25) is 0 Å². The zero-order chi connectivity index (χ0) is 60.7. The lowest BCUT2D eigenvalue weighted by atomic mass is 9.60. The highest BCUT2D eigenvalue weighted by Crippen LogP contribution is 2.54. The molecule has 0 radical (unpaired) electrons. The number of hydrogen-bond acceptors (Lipinski definition) is 11. The summed E-state index contributed by atoms with van der Waals surface area (Å²) in [6.45, 7) is 8.25. The van der Waals surface area contributed by atoms with Gasteiger partial charge in [0.2, 0.25) is 0 Å². The Kier molecular flexibility index (Phi) is 41.1. The van der Waals surface area contributed by atoms with Gasteiger partial charge < -0.3 is 56.2 Å². The zero-order valence-corrected chi connectivity index (χ0v) is 53.0. The molecule has 0 heterocycles. The highest BCUT2D eigenvalue weighted by molar-refractivity contribution is 5.17. The van der Waals surface area contributed by atoms with Crippen molar-refractivity contribution in [2.45, 2.75) is 326 Å². The van der Waals surface area contributed by atoms with Crippen molar-refractivity contribution in [2.24, 2.45) is 47.3 Å². The molecule has 3 rings (SSSR count). The molecule has 482 valence electrons. The van der Waals surface area contributed by atoms with Crippen molar-refractivity contribution in [1.29, 1.82) is 0 Å². The van der Waals surface area contributed by atoms with Crippen molar-refractivity contribution in [3.05, 3.63) is 72.9 Å². The highest BCUT2D eigenvalue weighted by atomic mass is 16.3. The van der Waals surface area contributed by atoms with Gasteiger partial charge in [-0.2, -0.15) is 0 Å². The number of hydrogen-bond donors (Lipinski definition) is 11. The first-order valence-electron chi connectivity index (χ1n) is 34.6. The Morgan fingerprint density at radius 2 is 0.735 bits per heavy atom. The van der Waals surface area contributed by atoms with E-state index >= 15 is 0 Å². The SMILES string of the molecule is CCCCC=CC(C1C(CCCCCCC/C=C/CCC(O)CC)[C@H](O)C[C@@H]1O)C(O)(CCC/C=C\CC1C(CCCCC/C=C/CCC(O)CC)[C@H](O)C[C@@H]1O)C(C=CCCCCO)C1C(CCC/C=C/CCC(O)CC)[C@H](O)C[C@@H]1O. The number of aliphatic hydroxyl groups excluding tert-OH is 10. The summed E-state index contributed by atoms with van der Waals surface area (Å²) in [4.78, 5) is 0. The summed E-state index contributed by atoms with van der Waals surface area (Å²) in [7, 11) is 0. The topological polar surface area (TPSA) is 223 Å². The van der Waals surface area contributed by atoms with Crippen LogP contribution in [0, 0.1) is 47.3 Å². The van der Waals surface area contributed by atoms with Gasteiger partial charge in [0.05, 0.1) is 60.5 Å². The van der Waals surface area contributed by atoms with Gasteiger partial charge in [-0.05, 0) is 222 Å². The molecule has 0 aromatic carbocycles. The lowest BCUT2D eigenvalue weighted by Crippen LogP contribution is -2.54. The van der Waals surface area contributed by atoms with Gasteiger partial charge in [-0.25, -0.2) is 0 Å². The third kappa shape index (κ3) is 28.4. The van der Waals surface area contributed by atoms with Crippen molar-refractivity contribution in [2.75, 3.05) is 6.61 Å². The van der Waals surface area contributed by atoms with Gasteiger partial charge in [0.15, 0.2) is 0 Å². The van der Waals surface area contributed by atoms with E-state index in [1.54, 1.807) is 0 Å². The average Bonchev–Trinajstić information content (AvgIpc) is 2.65. The minimum Gasteiger partial charge on any atom is -0.396 e. The highest BCUT2D eigenvalue weighted by Gasteiger charge is 2.57. The number of unbranched alkanes of at least 4 members (excludes halogenated alkanes) is 14. The van der Waals surface area contributed by atoms with Gasteiger partial charge in [0.1, 0.15) is 0 Å². The van der Waals surface area contributed by atoms with Crippen LogP contribution in [0.5, 0.6) is 0 Å². The van der Waals surface area contributed by atoms with Crippen LogP contribution in [-0.4, -0.2) is 123 Å². The number of rotatable bonds is 49. The molecule has 83 heavy (non-hydrogen) atoms. The van der Waals surface area contributed by atoms with Crippen molar-refractivity contribution in [1.82, 2.24) is 0 Å². The van der Waals surface area contributed by atoms with E-state index in [4.69, 9.17) is 0 Å². The van der Waals surface area contributed by atoms with E-state index in [2.05, 4.69) is 79.8 Å². The molecule has 0 spiro atoms. The summed E-state index contributed by atoms with van der Waals surface area (Å²) in [5.74, 6) is -2.66. The molecule has 3 saturated carbocycles. The molecule has 3 aliphatic carbocycles. The van der Waals surface area contributed by atoms with Crippen molar-refractivity contribution < 1.29 is 56.2 Å². The lowest BCUT2D eigenvalue weighted by molar-refractivity contribution is -0.119. The van der Waals surface area contributed by atoms with E-state index in [-0.39, 0.29) is 61.4 Å². The van der Waals surface area contributed by atoms with Crippen LogP contribution in [0.15, 0.2) is 72.9 Å². The molecule has 18 atom stereocenters. The van der Waals surface area contributed by atoms with E-state index in [0.717, 1.165) is 173 Å². The summed E-state index contributed by atoms with van der Waals surface area (Å²) in [5.41, 5.74) is -1.50. The van der Waals surface area contributed by atoms with Crippen LogP contribution in [0.1, 0.15) is 265 Å². The monoisotopic (exact) mass is 1170 g/mol. The Bertz CT molecular complexity index is 1760. The van der Waals surface area contributed by atoms with Crippen LogP contribution in [-0.2, 0) is 0 Å². The third-order valence-corrected chi connectivity index (χ3v) is 19.7. The molecule has 0 saturated heterocycles. The lowest BCUT2D eigenvalue weighted by Gasteiger charge is -2.49. The predicted octanol–water partition coefficient (Wildman–Crippen LogP) is 13.8. The second-order valence-corrected chi connectivity index (χ2v) is 26.0. The van der Waals surface area contributed by atoms with E-state index < -0.39 is 65.9 Å². The largest absolute Gasteiger partial charge is 0.396 e. The van der Waals surface area contributed by atoms with Crippen molar-refractivity contribution in [3.63, 3.8) is 0 Å². The molecular formula is C72H128O11. The van der Waals surface area contributed by atoms with Crippen LogP contribution in [0.25, 0.3) is 0 Å². The van der Waals surface area contributed by atoms with Gasteiger partial charge in [-0.3, -0.25) is 0 Å². The molecule has 11 heteroatoms. The zero-order valence-electron chi connectivity index (χ0n) is 53.0. The molecule has 0 aromatic heterocycles. The standard InChI is InChI=1S/C72H128O11/c1-5-9-10-37-48-62(70-60(66(79)53-68(70)81)46-35-24-17-13-11-12-15-20-30-41-55(74)6-2)72(83,50-39-28-26-34-45-59-58(64(77)52-65(59)78)44-33-23-18-14-16-21-31-42-56(75)7-3)63(49-38-27-29-40-51-73)71-61(67(80)54-69(71)82)47-36-25-19-22-32-43-57(76)8-4/h15-16,19-22,26,34,37-38,48-49,55-71,73-83H,5-14,17-18,23-25,27-33,35-36,39-47,50-54H2,1-4H3/b20-15+,21-16+,22-19+,34-26-,48-37?,49-38?/t55?,56?,57?,58?,59?,60?,61?,62?,63?,64-,65+,66-,67-,68+,69+,70?,71?,72?/m1/s1. The van der Waals surface area contributed by atoms with Crippen LogP contribution in [0.4, 0.5) is 0 Å². The molecular weight excluding hydrogens is 1040 g/mol. The summed E-state index contributed by atoms with van der Waals surface area (Å²) < 4.78 is 0. The maximum atomic E-state index is 14.3.